The molecule has 0 bridgehead atoms. The van der Waals surface area contributed by atoms with Crippen LogP contribution in [-0.2, 0) is 11.8 Å². The number of aryl methyl sites for hydroxylation is 3. The molecule has 0 saturated carbocycles. The van der Waals surface area contributed by atoms with Crippen LogP contribution in [0.15, 0.2) is 30.5 Å². The van der Waals surface area contributed by atoms with E-state index in [0.717, 1.165) is 33.4 Å². The third-order valence-electron chi connectivity index (χ3n) is 4.94. The van der Waals surface area contributed by atoms with E-state index in [1.165, 1.54) is 0 Å². The van der Waals surface area contributed by atoms with E-state index in [1.54, 1.807) is 24.7 Å². The van der Waals surface area contributed by atoms with Gasteiger partial charge in [0.15, 0.2) is 0 Å². The Balaban J connectivity index is 2.21. The third kappa shape index (κ3) is 2.88. The first-order valence-corrected chi connectivity index (χ1v) is 8.17. The number of carboxylic acid groups (broad SMARTS) is 1. The fourth-order valence-corrected chi connectivity index (χ4v) is 3.21. The average Bonchev–Trinajstić information content (AvgIpc) is 2.91. The largest absolute Gasteiger partial charge is 0.481 e. The molecule has 1 unspecified atom stereocenters. The molecular formula is C19H22N4O2. The number of hydrogen-bond acceptors (Lipinski definition) is 4. The number of aromatic nitrogens is 4. The maximum absolute atomic E-state index is 12.0. The van der Waals surface area contributed by atoms with Crippen LogP contribution in [0.25, 0.3) is 11.0 Å². The lowest BCUT2D eigenvalue weighted by Crippen LogP contribution is -2.32. The summed E-state index contributed by atoms with van der Waals surface area (Å²) in [4.78, 5) is 16.4. The predicted molar refractivity (Wildman–Crippen MR) is 95.5 cm³/mol. The Morgan fingerprint density at radius 3 is 2.56 bits per heavy atom. The van der Waals surface area contributed by atoms with Gasteiger partial charge in [0, 0.05) is 24.9 Å². The highest BCUT2D eigenvalue weighted by molar-refractivity contribution is 5.78. The van der Waals surface area contributed by atoms with Gasteiger partial charge in [0.2, 0.25) is 0 Å². The van der Waals surface area contributed by atoms with Crippen molar-refractivity contribution in [2.45, 2.75) is 33.6 Å². The minimum absolute atomic E-state index is 0.344. The van der Waals surface area contributed by atoms with Crippen molar-refractivity contribution in [3.8, 4) is 0 Å². The normalized spacial score (nSPS) is 13.2. The quantitative estimate of drug-likeness (QED) is 0.790. The van der Waals surface area contributed by atoms with Crippen LogP contribution in [-0.4, -0.2) is 31.1 Å². The molecule has 1 N–H and O–H groups in total. The summed E-state index contributed by atoms with van der Waals surface area (Å²) < 4.78 is 1.70. The Morgan fingerprint density at radius 2 is 1.92 bits per heavy atom. The van der Waals surface area contributed by atoms with Crippen molar-refractivity contribution in [3.05, 3.63) is 52.8 Å². The molecule has 1 aromatic carbocycles. The molecule has 2 aromatic heterocycles. The van der Waals surface area contributed by atoms with Gasteiger partial charge in [-0.3, -0.25) is 9.78 Å². The van der Waals surface area contributed by atoms with Crippen molar-refractivity contribution in [1.29, 1.82) is 0 Å². The lowest BCUT2D eigenvalue weighted by molar-refractivity contribution is -0.147. The van der Waals surface area contributed by atoms with E-state index in [4.69, 9.17) is 0 Å². The Bertz CT molecular complexity index is 959. The summed E-state index contributed by atoms with van der Waals surface area (Å²) >= 11 is 0. The van der Waals surface area contributed by atoms with E-state index >= 15 is 0 Å². The number of carbonyl (C=O) groups is 1. The molecule has 0 radical (unpaired) electrons. The van der Waals surface area contributed by atoms with Gasteiger partial charge in [-0.15, -0.1) is 5.10 Å². The number of aliphatic carboxylic acids is 1. The van der Waals surface area contributed by atoms with Gasteiger partial charge < -0.3 is 5.11 Å². The monoisotopic (exact) mass is 338 g/mol. The van der Waals surface area contributed by atoms with Crippen LogP contribution in [0.1, 0.15) is 42.1 Å². The first-order chi connectivity index (χ1) is 11.7. The van der Waals surface area contributed by atoms with Crippen molar-refractivity contribution in [1.82, 2.24) is 20.0 Å². The smallest absolute Gasteiger partial charge is 0.310 e. The van der Waals surface area contributed by atoms with E-state index in [-0.39, 0.29) is 5.92 Å². The van der Waals surface area contributed by atoms with Crippen LogP contribution in [0.5, 0.6) is 0 Å². The number of carboxylic acids is 1. The van der Waals surface area contributed by atoms with E-state index in [9.17, 15) is 9.90 Å². The molecule has 6 heteroatoms. The molecule has 0 aliphatic rings. The minimum Gasteiger partial charge on any atom is -0.481 e. The van der Waals surface area contributed by atoms with Crippen LogP contribution in [0, 0.1) is 19.3 Å². The molecule has 3 rings (SSSR count). The highest BCUT2D eigenvalue weighted by Crippen LogP contribution is 2.42. The molecule has 1 atom stereocenters. The lowest BCUT2D eigenvalue weighted by atomic mass is 9.71. The Labute approximate surface area is 146 Å². The molecule has 0 aliphatic carbocycles. The lowest BCUT2D eigenvalue weighted by Gasteiger charge is -2.31. The third-order valence-corrected chi connectivity index (χ3v) is 4.94. The topological polar surface area (TPSA) is 80.9 Å². The Kier molecular flexibility index (Phi) is 4.06. The summed E-state index contributed by atoms with van der Waals surface area (Å²) in [7, 11) is 1.83. The van der Waals surface area contributed by atoms with Gasteiger partial charge in [0.05, 0.1) is 10.9 Å². The highest BCUT2D eigenvalue weighted by atomic mass is 16.4. The van der Waals surface area contributed by atoms with Gasteiger partial charge in [-0.05, 0) is 56.5 Å². The van der Waals surface area contributed by atoms with E-state index in [1.807, 2.05) is 45.2 Å². The van der Waals surface area contributed by atoms with Crippen molar-refractivity contribution >= 4 is 17.0 Å². The first kappa shape index (κ1) is 17.1. The molecule has 130 valence electrons. The highest BCUT2D eigenvalue weighted by Gasteiger charge is 2.39. The van der Waals surface area contributed by atoms with E-state index in [0.29, 0.717) is 0 Å². The number of fused-ring (bicyclic) bond motifs is 1. The molecule has 0 saturated heterocycles. The average molecular weight is 338 g/mol. The number of benzene rings is 1. The predicted octanol–water partition coefficient (Wildman–Crippen LogP) is 3.22. The Hall–Kier alpha value is -2.76. The van der Waals surface area contributed by atoms with Crippen LogP contribution in [0.2, 0.25) is 0 Å². The van der Waals surface area contributed by atoms with E-state index < -0.39 is 11.4 Å². The minimum atomic E-state index is -1.00. The molecule has 6 nitrogen and oxygen atoms in total. The summed E-state index contributed by atoms with van der Waals surface area (Å²) in [6.45, 7) is 7.43. The van der Waals surface area contributed by atoms with Crippen LogP contribution < -0.4 is 0 Å². The summed E-state index contributed by atoms with van der Waals surface area (Å²) in [5.41, 5.74) is 4.43. The zero-order valence-electron chi connectivity index (χ0n) is 15.1. The molecule has 2 heterocycles. The molecule has 0 fully saturated rings. The van der Waals surface area contributed by atoms with Crippen molar-refractivity contribution in [2.75, 3.05) is 0 Å². The molecule has 3 aromatic rings. The molecule has 0 aliphatic heterocycles. The van der Waals surface area contributed by atoms with Gasteiger partial charge in [-0.1, -0.05) is 17.3 Å². The first-order valence-electron chi connectivity index (χ1n) is 8.17. The zero-order valence-corrected chi connectivity index (χ0v) is 15.1. The van der Waals surface area contributed by atoms with Crippen molar-refractivity contribution in [2.24, 2.45) is 12.5 Å². The maximum Gasteiger partial charge on any atom is 0.310 e. The van der Waals surface area contributed by atoms with E-state index in [2.05, 4.69) is 15.3 Å². The second-order valence-corrected chi connectivity index (χ2v) is 7.09. The van der Waals surface area contributed by atoms with Gasteiger partial charge in [-0.2, -0.15) is 0 Å². The van der Waals surface area contributed by atoms with Crippen molar-refractivity contribution in [3.63, 3.8) is 0 Å². The maximum atomic E-state index is 12.0. The fourth-order valence-electron chi connectivity index (χ4n) is 3.21. The Morgan fingerprint density at radius 1 is 1.20 bits per heavy atom. The number of pyridine rings is 1. The second kappa shape index (κ2) is 5.95. The number of rotatable bonds is 4. The SMILES string of the molecule is Cc1cc(C(c2ccc3c(c2)nnn3C)C(C)(C)C(=O)O)cnc1C. The molecular weight excluding hydrogens is 316 g/mol. The molecule has 0 amide bonds. The molecule has 25 heavy (non-hydrogen) atoms. The number of hydrogen-bond donors (Lipinski definition) is 1. The fraction of sp³-hybridized carbons (Fsp3) is 0.368. The van der Waals surface area contributed by atoms with Gasteiger partial charge in [-0.25, -0.2) is 4.68 Å². The second-order valence-electron chi connectivity index (χ2n) is 7.09. The zero-order chi connectivity index (χ0) is 18.4. The molecule has 0 spiro atoms. The van der Waals surface area contributed by atoms with Gasteiger partial charge in [0.1, 0.15) is 5.52 Å². The summed E-state index contributed by atoms with van der Waals surface area (Å²) in [5.74, 6) is -1.20. The van der Waals surface area contributed by atoms with Gasteiger partial charge in [0.25, 0.3) is 0 Å². The summed E-state index contributed by atoms with van der Waals surface area (Å²) in [6.07, 6.45) is 1.78. The summed E-state index contributed by atoms with van der Waals surface area (Å²) in [6, 6.07) is 7.84. The summed E-state index contributed by atoms with van der Waals surface area (Å²) in [5, 5.41) is 18.0. The van der Waals surface area contributed by atoms with Crippen LogP contribution in [0.3, 0.4) is 0 Å². The van der Waals surface area contributed by atoms with Crippen molar-refractivity contribution < 1.29 is 9.90 Å². The van der Waals surface area contributed by atoms with Gasteiger partial charge >= 0.3 is 5.97 Å². The standard InChI is InChI=1S/C19H22N4O2/c1-11-8-14(10-20-12(11)2)17(19(3,4)18(24)25)13-6-7-16-15(9-13)21-22-23(16)5/h6-10,17H,1-5H3,(H,24,25). The van der Waals surface area contributed by atoms with Crippen LogP contribution >= 0.6 is 0 Å². The number of nitrogens with zero attached hydrogens (tertiary/aromatic N) is 4. The van der Waals surface area contributed by atoms with Crippen LogP contribution in [0.4, 0.5) is 0 Å².